The Morgan fingerprint density at radius 3 is 2.66 bits per heavy atom. The molecule has 0 radical (unpaired) electrons. The number of hydrogen-bond donors (Lipinski definition) is 0. The summed E-state index contributed by atoms with van der Waals surface area (Å²) in [6, 6.07) is 15.0. The van der Waals surface area contributed by atoms with Crippen LogP contribution in [0.25, 0.3) is 10.8 Å². The standard InChI is InChI=1S/C30H36N6O2/c1-21-8-5-9-22-10-6-12-26(27(21)22)34-15-7-11-24-25(19-34)32-20-33-28(24)35-16-17-36(23(18-35)13-14-31)29(37)38-30(2,3)4/h5-6,8-10,12,20,23H,7,11,13,15-19H2,1-4H3/t23-/m0/s1. The Balaban J connectivity index is 1.41. The van der Waals surface area contributed by atoms with Gasteiger partial charge in [0.1, 0.15) is 17.7 Å². The summed E-state index contributed by atoms with van der Waals surface area (Å²) >= 11 is 0. The highest BCUT2D eigenvalue weighted by atomic mass is 16.6. The Kier molecular flexibility index (Phi) is 7.11. The minimum atomic E-state index is -0.579. The Bertz CT molecular complexity index is 1370. The summed E-state index contributed by atoms with van der Waals surface area (Å²) in [5.41, 5.74) is 4.16. The first-order chi connectivity index (χ1) is 18.2. The van der Waals surface area contributed by atoms with Crippen molar-refractivity contribution in [2.24, 2.45) is 0 Å². The fourth-order valence-electron chi connectivity index (χ4n) is 5.67. The second-order valence-corrected chi connectivity index (χ2v) is 11.2. The predicted molar refractivity (Wildman–Crippen MR) is 149 cm³/mol. The molecular formula is C30H36N6O2. The second kappa shape index (κ2) is 10.5. The summed E-state index contributed by atoms with van der Waals surface area (Å²) in [6.07, 6.45) is 3.43. The number of fused-ring (bicyclic) bond motifs is 2. The fraction of sp³-hybridized carbons (Fsp3) is 0.467. The third-order valence-electron chi connectivity index (χ3n) is 7.38. The van der Waals surface area contributed by atoms with Gasteiger partial charge in [-0.2, -0.15) is 5.26 Å². The number of nitrogens with zero attached hydrogens (tertiary/aromatic N) is 6. The Morgan fingerprint density at radius 2 is 1.89 bits per heavy atom. The first kappa shape index (κ1) is 25.8. The maximum atomic E-state index is 12.9. The summed E-state index contributed by atoms with van der Waals surface area (Å²) in [5.74, 6) is 0.928. The maximum absolute atomic E-state index is 12.9. The van der Waals surface area contributed by atoms with Gasteiger partial charge in [-0.15, -0.1) is 0 Å². The Labute approximate surface area is 224 Å². The molecule has 2 aliphatic heterocycles. The lowest BCUT2D eigenvalue weighted by Crippen LogP contribution is -2.56. The van der Waals surface area contributed by atoms with Crippen LogP contribution in [0.3, 0.4) is 0 Å². The fourth-order valence-corrected chi connectivity index (χ4v) is 5.67. The van der Waals surface area contributed by atoms with Crippen LogP contribution in [0.5, 0.6) is 0 Å². The van der Waals surface area contributed by atoms with Crippen LogP contribution in [0.2, 0.25) is 0 Å². The van der Waals surface area contributed by atoms with Gasteiger partial charge in [0, 0.05) is 42.8 Å². The van der Waals surface area contributed by atoms with E-state index >= 15 is 0 Å². The van der Waals surface area contributed by atoms with Crippen molar-refractivity contribution < 1.29 is 9.53 Å². The van der Waals surface area contributed by atoms with E-state index in [1.807, 2.05) is 20.8 Å². The maximum Gasteiger partial charge on any atom is 0.410 e. The van der Waals surface area contributed by atoms with E-state index in [0.29, 0.717) is 19.6 Å². The van der Waals surface area contributed by atoms with Crippen molar-refractivity contribution in [1.29, 1.82) is 5.26 Å². The number of rotatable bonds is 3. The summed E-state index contributed by atoms with van der Waals surface area (Å²) in [5, 5.41) is 12.0. The molecule has 2 aromatic carbocycles. The molecule has 1 fully saturated rings. The van der Waals surface area contributed by atoms with Gasteiger partial charge in [0.05, 0.1) is 30.8 Å². The molecule has 0 N–H and O–H groups in total. The number of ether oxygens (including phenoxy) is 1. The molecule has 0 unspecified atom stereocenters. The molecule has 0 saturated carbocycles. The third-order valence-corrected chi connectivity index (χ3v) is 7.38. The number of nitriles is 1. The monoisotopic (exact) mass is 512 g/mol. The third kappa shape index (κ3) is 5.24. The molecule has 1 atom stereocenters. The topological polar surface area (TPSA) is 85.6 Å². The summed E-state index contributed by atoms with van der Waals surface area (Å²) in [6.45, 7) is 11.1. The van der Waals surface area contributed by atoms with E-state index in [1.54, 1.807) is 11.2 Å². The van der Waals surface area contributed by atoms with Crippen LogP contribution in [0.1, 0.15) is 50.4 Å². The number of anilines is 2. The number of amides is 1. The minimum absolute atomic E-state index is 0.247. The van der Waals surface area contributed by atoms with Crippen molar-refractivity contribution in [2.75, 3.05) is 36.0 Å². The lowest BCUT2D eigenvalue weighted by molar-refractivity contribution is 0.0145. The molecule has 8 heteroatoms. The largest absolute Gasteiger partial charge is 0.444 e. The van der Waals surface area contributed by atoms with Crippen LogP contribution in [0, 0.1) is 18.3 Å². The van der Waals surface area contributed by atoms with Crippen LogP contribution < -0.4 is 9.80 Å². The van der Waals surface area contributed by atoms with E-state index < -0.39 is 5.60 Å². The van der Waals surface area contributed by atoms with Gasteiger partial charge in [0.2, 0.25) is 0 Å². The zero-order valence-electron chi connectivity index (χ0n) is 22.8. The van der Waals surface area contributed by atoms with Gasteiger partial charge < -0.3 is 19.4 Å². The summed E-state index contributed by atoms with van der Waals surface area (Å²) < 4.78 is 5.62. The van der Waals surface area contributed by atoms with Crippen LogP contribution >= 0.6 is 0 Å². The van der Waals surface area contributed by atoms with Gasteiger partial charge >= 0.3 is 6.09 Å². The SMILES string of the molecule is Cc1cccc2cccc(N3CCCc4c(ncnc4N4CCN(C(=O)OC(C)(C)C)[C@@H](CC#N)C4)C3)c12. The quantitative estimate of drug-likeness (QED) is 0.475. The van der Waals surface area contributed by atoms with Gasteiger partial charge in [-0.1, -0.05) is 30.3 Å². The average Bonchev–Trinajstić information content (AvgIpc) is 3.10. The minimum Gasteiger partial charge on any atom is -0.444 e. The number of carbonyl (C=O) groups excluding carboxylic acids is 1. The van der Waals surface area contributed by atoms with Gasteiger partial charge in [-0.05, 0) is 57.6 Å². The first-order valence-electron chi connectivity index (χ1n) is 13.4. The summed E-state index contributed by atoms with van der Waals surface area (Å²) in [7, 11) is 0. The van der Waals surface area contributed by atoms with E-state index in [1.165, 1.54) is 27.6 Å². The number of piperazine rings is 1. The van der Waals surface area contributed by atoms with Crippen molar-refractivity contribution in [2.45, 2.75) is 65.1 Å². The molecule has 1 amide bonds. The van der Waals surface area contributed by atoms with Crippen LogP contribution in [-0.4, -0.2) is 58.8 Å². The molecule has 3 aromatic rings. The number of aryl methyl sites for hydroxylation is 1. The van der Waals surface area contributed by atoms with E-state index in [9.17, 15) is 10.1 Å². The van der Waals surface area contributed by atoms with E-state index in [2.05, 4.69) is 59.2 Å². The first-order valence-corrected chi connectivity index (χ1v) is 13.4. The van der Waals surface area contributed by atoms with Crippen LogP contribution in [0.4, 0.5) is 16.3 Å². The smallest absolute Gasteiger partial charge is 0.410 e. The van der Waals surface area contributed by atoms with Gasteiger partial charge in [-0.25, -0.2) is 14.8 Å². The molecule has 38 heavy (non-hydrogen) atoms. The number of aromatic nitrogens is 2. The summed E-state index contributed by atoms with van der Waals surface area (Å²) in [4.78, 5) is 28.7. The van der Waals surface area contributed by atoms with E-state index in [0.717, 1.165) is 37.4 Å². The average molecular weight is 513 g/mol. The van der Waals surface area contributed by atoms with Crippen molar-refractivity contribution >= 4 is 28.4 Å². The van der Waals surface area contributed by atoms with Gasteiger partial charge in [0.25, 0.3) is 0 Å². The molecule has 8 nitrogen and oxygen atoms in total. The molecule has 1 aromatic heterocycles. The van der Waals surface area contributed by atoms with Crippen molar-refractivity contribution in [3.63, 3.8) is 0 Å². The lowest BCUT2D eigenvalue weighted by atomic mass is 10.0. The molecule has 5 rings (SSSR count). The van der Waals surface area contributed by atoms with E-state index in [4.69, 9.17) is 14.7 Å². The number of benzene rings is 2. The highest BCUT2D eigenvalue weighted by Gasteiger charge is 2.35. The number of carbonyl (C=O) groups is 1. The molecular weight excluding hydrogens is 476 g/mol. The van der Waals surface area contributed by atoms with Crippen LogP contribution in [-0.2, 0) is 17.7 Å². The number of hydrogen-bond acceptors (Lipinski definition) is 7. The highest BCUT2D eigenvalue weighted by Crippen LogP contribution is 2.34. The zero-order chi connectivity index (χ0) is 26.9. The molecule has 0 aliphatic carbocycles. The van der Waals surface area contributed by atoms with Crippen molar-refractivity contribution in [3.05, 3.63) is 59.5 Å². The molecule has 0 spiro atoms. The zero-order valence-corrected chi connectivity index (χ0v) is 22.8. The Morgan fingerprint density at radius 1 is 1.11 bits per heavy atom. The molecule has 198 valence electrons. The van der Waals surface area contributed by atoms with Gasteiger partial charge in [0.15, 0.2) is 0 Å². The van der Waals surface area contributed by atoms with E-state index in [-0.39, 0.29) is 18.6 Å². The molecule has 3 heterocycles. The molecule has 0 bridgehead atoms. The second-order valence-electron chi connectivity index (χ2n) is 11.2. The van der Waals surface area contributed by atoms with Crippen LogP contribution in [0.15, 0.2) is 42.7 Å². The highest BCUT2D eigenvalue weighted by molar-refractivity contribution is 5.96. The predicted octanol–water partition coefficient (Wildman–Crippen LogP) is 5.23. The van der Waals surface area contributed by atoms with Gasteiger partial charge in [-0.3, -0.25) is 0 Å². The van der Waals surface area contributed by atoms with Crippen molar-refractivity contribution in [3.8, 4) is 6.07 Å². The lowest BCUT2D eigenvalue weighted by Gasteiger charge is -2.41. The molecule has 2 aliphatic rings. The normalized spacial score (nSPS) is 18.1. The molecule has 1 saturated heterocycles. The van der Waals surface area contributed by atoms with Crippen molar-refractivity contribution in [1.82, 2.24) is 14.9 Å². The Hall–Kier alpha value is -3.86.